The molecule has 0 unspecified atom stereocenters. The van der Waals surface area contributed by atoms with Gasteiger partial charge in [0.2, 0.25) is 0 Å². The van der Waals surface area contributed by atoms with Gasteiger partial charge < -0.3 is 4.74 Å². The van der Waals surface area contributed by atoms with Gasteiger partial charge in [-0.05, 0) is 36.0 Å². The Morgan fingerprint density at radius 3 is 2.48 bits per heavy atom. The first-order valence-electron chi connectivity index (χ1n) is 10.6. The number of carbonyl (C=O) groups excluding carboxylic acids is 1. The molecule has 0 radical (unpaired) electrons. The van der Waals surface area contributed by atoms with Gasteiger partial charge in [0.1, 0.15) is 6.10 Å². The number of nitrogens with zero attached hydrogens (tertiary/aromatic N) is 1. The molecule has 2 aromatic carbocycles. The summed E-state index contributed by atoms with van der Waals surface area (Å²) in [7, 11) is 0. The van der Waals surface area contributed by atoms with Crippen molar-refractivity contribution < 1.29 is 14.4 Å². The number of hydroxylamine groups is 1. The van der Waals surface area contributed by atoms with Crippen LogP contribution in [0.4, 0.5) is 10.5 Å². The highest BCUT2D eigenvalue weighted by atomic mass is 35.5. The van der Waals surface area contributed by atoms with Gasteiger partial charge in [0.05, 0.1) is 10.7 Å². The fourth-order valence-electron chi connectivity index (χ4n) is 3.87. The van der Waals surface area contributed by atoms with Crippen molar-refractivity contribution in [2.75, 3.05) is 5.32 Å². The molecular weight excluding hydrogens is 414 g/mol. The Bertz CT molecular complexity index is 974. The van der Waals surface area contributed by atoms with Crippen molar-refractivity contribution in [3.63, 3.8) is 0 Å². The van der Waals surface area contributed by atoms with Gasteiger partial charge >= 0.3 is 6.09 Å². The highest BCUT2D eigenvalue weighted by molar-refractivity contribution is 6.33. The van der Waals surface area contributed by atoms with Crippen LogP contribution in [0.25, 0.3) is 0 Å². The van der Waals surface area contributed by atoms with Crippen LogP contribution in [0.1, 0.15) is 57.6 Å². The molecule has 1 heterocycles. The third kappa shape index (κ3) is 5.02. The van der Waals surface area contributed by atoms with E-state index in [1.54, 1.807) is 12.1 Å². The van der Waals surface area contributed by atoms with E-state index in [1.165, 1.54) is 5.56 Å². The van der Waals surface area contributed by atoms with Crippen molar-refractivity contribution in [2.24, 2.45) is 4.99 Å². The first-order chi connectivity index (χ1) is 14.7. The third-order valence-corrected chi connectivity index (χ3v) is 6.11. The van der Waals surface area contributed by atoms with Crippen LogP contribution in [-0.2, 0) is 15.0 Å². The lowest BCUT2D eigenvalue weighted by Crippen LogP contribution is -2.38. The van der Waals surface area contributed by atoms with Gasteiger partial charge in [-0.2, -0.15) is 0 Å². The second-order valence-corrected chi connectivity index (χ2v) is 9.55. The van der Waals surface area contributed by atoms with Crippen molar-refractivity contribution >= 4 is 29.2 Å². The number of anilines is 1. The first-order valence-corrected chi connectivity index (χ1v) is 11.0. The number of para-hydroxylation sites is 1. The molecule has 1 saturated carbocycles. The van der Waals surface area contributed by atoms with Crippen molar-refractivity contribution in [3.05, 3.63) is 64.7 Å². The summed E-state index contributed by atoms with van der Waals surface area (Å²) in [6.45, 7) is 6.59. The molecule has 0 bridgehead atoms. The minimum Gasteiger partial charge on any atom is -0.446 e. The van der Waals surface area contributed by atoms with Gasteiger partial charge in [-0.3, -0.25) is 5.32 Å². The number of aliphatic imine (C=N–C) groups is 1. The maximum Gasteiger partial charge on any atom is 0.411 e. The Hall–Kier alpha value is -2.57. The van der Waals surface area contributed by atoms with E-state index in [1.807, 2.05) is 12.1 Å². The number of benzene rings is 2. The predicted molar refractivity (Wildman–Crippen MR) is 122 cm³/mol. The largest absolute Gasteiger partial charge is 0.446 e. The van der Waals surface area contributed by atoms with E-state index in [2.05, 4.69) is 55.8 Å². The summed E-state index contributed by atoms with van der Waals surface area (Å²) in [5.41, 5.74) is 5.33. The number of hydrogen-bond donors (Lipinski definition) is 2. The first kappa shape index (κ1) is 21.7. The molecule has 1 spiro atoms. The Labute approximate surface area is 187 Å². The number of ether oxygens (including phenoxy) is 1. The van der Waals surface area contributed by atoms with Crippen LogP contribution in [0.3, 0.4) is 0 Å². The highest BCUT2D eigenvalue weighted by Gasteiger charge is 2.42. The van der Waals surface area contributed by atoms with Crippen molar-refractivity contribution in [2.45, 2.75) is 63.7 Å². The average Bonchev–Trinajstić information content (AvgIpc) is 3.15. The number of carbonyl (C=O) groups is 1. The lowest BCUT2D eigenvalue weighted by atomic mass is 9.86. The lowest BCUT2D eigenvalue weighted by Gasteiger charge is -2.32. The Morgan fingerprint density at radius 1 is 1.16 bits per heavy atom. The molecule has 1 aliphatic heterocycles. The van der Waals surface area contributed by atoms with E-state index >= 15 is 0 Å². The fourth-order valence-corrected chi connectivity index (χ4v) is 4.05. The van der Waals surface area contributed by atoms with E-state index in [0.717, 1.165) is 11.4 Å². The zero-order valence-electron chi connectivity index (χ0n) is 18.1. The minimum absolute atomic E-state index is 0.109. The van der Waals surface area contributed by atoms with Gasteiger partial charge in [-0.15, -0.1) is 0 Å². The van der Waals surface area contributed by atoms with E-state index < -0.39 is 11.8 Å². The maximum atomic E-state index is 12.2. The molecule has 7 heteroatoms. The maximum absolute atomic E-state index is 12.2. The summed E-state index contributed by atoms with van der Waals surface area (Å²) in [6.07, 6.45) is 2.03. The number of halogens is 1. The van der Waals surface area contributed by atoms with Crippen LogP contribution in [0.15, 0.2) is 53.5 Å². The summed E-state index contributed by atoms with van der Waals surface area (Å²) in [5, 5.41) is 3.17. The normalized spacial score (nSPS) is 23.2. The summed E-state index contributed by atoms with van der Waals surface area (Å²) >= 11 is 6.08. The zero-order valence-corrected chi connectivity index (χ0v) is 18.8. The van der Waals surface area contributed by atoms with E-state index in [-0.39, 0.29) is 11.5 Å². The van der Waals surface area contributed by atoms with Crippen LogP contribution < -0.4 is 10.8 Å². The van der Waals surface area contributed by atoms with E-state index in [0.29, 0.717) is 36.4 Å². The average molecular weight is 442 g/mol. The van der Waals surface area contributed by atoms with Gasteiger partial charge in [-0.1, -0.05) is 68.8 Å². The highest BCUT2D eigenvalue weighted by Crippen LogP contribution is 2.37. The summed E-state index contributed by atoms with van der Waals surface area (Å²) in [6, 6.07) is 15.5. The van der Waals surface area contributed by atoms with Gasteiger partial charge in [0, 0.05) is 18.4 Å². The molecule has 0 saturated heterocycles. The Balaban J connectivity index is 1.33. The summed E-state index contributed by atoms with van der Waals surface area (Å²) in [4.78, 5) is 22.9. The molecule has 1 fully saturated rings. The number of hydrogen-bond acceptors (Lipinski definition) is 5. The monoisotopic (exact) mass is 441 g/mol. The Morgan fingerprint density at radius 2 is 1.84 bits per heavy atom. The van der Waals surface area contributed by atoms with E-state index in [9.17, 15) is 4.79 Å². The molecule has 0 atom stereocenters. The molecule has 0 aromatic heterocycles. The summed E-state index contributed by atoms with van der Waals surface area (Å²) in [5.74, 6) is 0.747. The molecule has 1 aliphatic carbocycles. The van der Waals surface area contributed by atoms with Crippen LogP contribution in [-0.4, -0.2) is 23.8 Å². The van der Waals surface area contributed by atoms with Crippen LogP contribution in [0.5, 0.6) is 0 Å². The minimum atomic E-state index is -0.600. The van der Waals surface area contributed by atoms with Crippen molar-refractivity contribution in [1.29, 1.82) is 0 Å². The second kappa shape index (κ2) is 8.52. The van der Waals surface area contributed by atoms with Gasteiger partial charge in [0.15, 0.2) is 11.6 Å². The molecular formula is C24H28ClN3O3. The molecule has 6 nitrogen and oxygen atoms in total. The molecule has 2 aliphatic rings. The second-order valence-electron chi connectivity index (χ2n) is 9.15. The van der Waals surface area contributed by atoms with Crippen LogP contribution >= 0.6 is 11.6 Å². The van der Waals surface area contributed by atoms with Crippen LogP contribution in [0.2, 0.25) is 5.02 Å². The topological polar surface area (TPSA) is 72.0 Å². The molecule has 31 heavy (non-hydrogen) atoms. The van der Waals surface area contributed by atoms with Gasteiger partial charge in [0.25, 0.3) is 0 Å². The molecule has 164 valence electrons. The van der Waals surface area contributed by atoms with E-state index in [4.69, 9.17) is 26.2 Å². The molecule has 2 aromatic rings. The summed E-state index contributed by atoms with van der Waals surface area (Å²) < 4.78 is 5.58. The van der Waals surface area contributed by atoms with Gasteiger partial charge in [-0.25, -0.2) is 20.1 Å². The number of nitrogens with one attached hydrogen (secondary N) is 2. The SMILES string of the molecule is CC(C)(C)c1ccc(C2=NC3(CCC(OC(=O)Nc4ccccc4Cl)CC3)ON2)cc1. The standard InChI is InChI=1S/C24H28ClN3O3/c1-23(2,3)17-10-8-16(9-11-17)21-27-24(31-28-21)14-12-18(13-15-24)30-22(29)26-20-7-5-4-6-19(20)25/h4-11,18H,12-15H2,1-3H3,(H,26,29)(H,27,28). The third-order valence-electron chi connectivity index (χ3n) is 5.78. The number of amidine groups is 1. The van der Waals surface area contributed by atoms with Crippen molar-refractivity contribution in [1.82, 2.24) is 5.48 Å². The number of amides is 1. The molecule has 4 rings (SSSR count). The molecule has 1 amide bonds. The van der Waals surface area contributed by atoms with Crippen LogP contribution in [0, 0.1) is 0 Å². The van der Waals surface area contributed by atoms with Crippen molar-refractivity contribution in [3.8, 4) is 0 Å². The fraction of sp³-hybridized carbons (Fsp3) is 0.417. The predicted octanol–water partition coefficient (Wildman–Crippen LogP) is 5.81. The zero-order chi connectivity index (χ0) is 22.1. The Kier molecular flexibility index (Phi) is 5.95. The smallest absolute Gasteiger partial charge is 0.411 e. The number of rotatable bonds is 3. The quantitative estimate of drug-likeness (QED) is 0.630. The molecule has 2 N–H and O–H groups in total. The lowest BCUT2D eigenvalue weighted by molar-refractivity contribution is -0.0939.